The molecule has 0 saturated carbocycles. The van der Waals surface area contributed by atoms with Crippen LogP contribution in [-0.2, 0) is 24.3 Å². The molecule has 0 unspecified atom stereocenters. The number of rotatable bonds is 7. The number of hydrogen-bond acceptors (Lipinski definition) is 6. The van der Waals surface area contributed by atoms with E-state index in [9.17, 15) is 18.0 Å². The molecule has 1 aromatic carbocycles. The van der Waals surface area contributed by atoms with Gasteiger partial charge in [0.1, 0.15) is 0 Å². The van der Waals surface area contributed by atoms with Crippen molar-refractivity contribution < 1.29 is 27.5 Å². The molecule has 1 amide bonds. The molecule has 25 heavy (non-hydrogen) atoms. The summed E-state index contributed by atoms with van der Waals surface area (Å²) in [5.41, 5.74) is 0.0616. The lowest BCUT2D eigenvalue weighted by Gasteiger charge is -2.12. The number of nitrogens with zero attached hydrogens (tertiary/aromatic N) is 1. The highest BCUT2D eigenvalue weighted by molar-refractivity contribution is 7.89. The van der Waals surface area contributed by atoms with E-state index in [1.54, 1.807) is 14.1 Å². The summed E-state index contributed by atoms with van der Waals surface area (Å²) in [7, 11) is -0.672. The van der Waals surface area contributed by atoms with Gasteiger partial charge < -0.3 is 14.4 Å². The molecule has 1 atom stereocenters. The van der Waals surface area contributed by atoms with Crippen molar-refractivity contribution >= 4 is 21.9 Å². The fourth-order valence-electron chi connectivity index (χ4n) is 2.22. The van der Waals surface area contributed by atoms with Crippen LogP contribution in [0.4, 0.5) is 0 Å². The highest BCUT2D eigenvalue weighted by Crippen LogP contribution is 2.15. The summed E-state index contributed by atoms with van der Waals surface area (Å²) in [6.45, 7) is 0.424. The van der Waals surface area contributed by atoms with Crippen molar-refractivity contribution in [2.24, 2.45) is 0 Å². The van der Waals surface area contributed by atoms with Crippen molar-refractivity contribution in [1.82, 2.24) is 9.62 Å². The number of sulfonamides is 1. The summed E-state index contributed by atoms with van der Waals surface area (Å²) in [4.78, 5) is 24.7. The molecule has 8 nitrogen and oxygen atoms in total. The van der Waals surface area contributed by atoms with E-state index < -0.39 is 22.6 Å². The number of likely N-dealkylation sites (N-methyl/N-ethyl adjacent to an activating group) is 1. The molecule has 2 rings (SSSR count). The largest absolute Gasteiger partial charge is 0.452 e. The fourth-order valence-corrected chi connectivity index (χ4v) is 3.33. The zero-order valence-electron chi connectivity index (χ0n) is 14.2. The first-order valence-corrected chi connectivity index (χ1v) is 9.36. The van der Waals surface area contributed by atoms with Gasteiger partial charge in [-0.15, -0.1) is 0 Å². The Morgan fingerprint density at radius 2 is 2.12 bits per heavy atom. The summed E-state index contributed by atoms with van der Waals surface area (Å²) in [6.07, 6.45) is 1.61. The van der Waals surface area contributed by atoms with E-state index in [-0.39, 0.29) is 29.0 Å². The first-order valence-electron chi connectivity index (χ1n) is 7.88. The topological polar surface area (TPSA) is 102 Å². The average Bonchev–Trinajstić information content (AvgIpc) is 3.11. The van der Waals surface area contributed by atoms with Gasteiger partial charge in [0.2, 0.25) is 10.0 Å². The molecule has 0 aromatic heterocycles. The lowest BCUT2D eigenvalue weighted by Crippen LogP contribution is -2.32. The predicted molar refractivity (Wildman–Crippen MR) is 89.6 cm³/mol. The zero-order valence-corrected chi connectivity index (χ0v) is 15.0. The monoisotopic (exact) mass is 370 g/mol. The normalized spacial score (nSPS) is 17.3. The summed E-state index contributed by atoms with van der Waals surface area (Å²) < 4.78 is 37.4. The van der Waals surface area contributed by atoms with Crippen LogP contribution >= 0.6 is 0 Å². The molecule has 0 bridgehead atoms. The van der Waals surface area contributed by atoms with Gasteiger partial charge in [0.15, 0.2) is 6.61 Å². The van der Waals surface area contributed by atoms with Gasteiger partial charge in [-0.3, -0.25) is 4.79 Å². The summed E-state index contributed by atoms with van der Waals surface area (Å²) >= 11 is 0. The SMILES string of the molecule is CN(C)C(=O)COC(=O)c1cccc(S(=O)(=O)NC[C@@H]2CCCO2)c1. The van der Waals surface area contributed by atoms with Crippen molar-refractivity contribution in [1.29, 1.82) is 0 Å². The molecule has 9 heteroatoms. The van der Waals surface area contributed by atoms with E-state index in [0.29, 0.717) is 6.61 Å². The quantitative estimate of drug-likeness (QED) is 0.697. The van der Waals surface area contributed by atoms with Gasteiger partial charge in [0.25, 0.3) is 5.91 Å². The van der Waals surface area contributed by atoms with Crippen LogP contribution < -0.4 is 4.72 Å². The van der Waals surface area contributed by atoms with Crippen LogP contribution in [0.25, 0.3) is 0 Å². The number of carbonyl (C=O) groups is 2. The molecule has 1 aliphatic rings. The maximum absolute atomic E-state index is 12.3. The van der Waals surface area contributed by atoms with Gasteiger partial charge in [-0.1, -0.05) is 6.07 Å². The van der Waals surface area contributed by atoms with Crippen molar-refractivity contribution in [3.8, 4) is 0 Å². The third kappa shape index (κ3) is 5.52. The second-order valence-corrected chi connectivity index (χ2v) is 7.65. The molecule has 1 saturated heterocycles. The molecule has 1 aliphatic heterocycles. The Balaban J connectivity index is 2.01. The Kier molecular flexibility index (Phi) is 6.51. The summed E-state index contributed by atoms with van der Waals surface area (Å²) in [6, 6.07) is 5.49. The number of amides is 1. The van der Waals surface area contributed by atoms with E-state index in [1.807, 2.05) is 0 Å². The van der Waals surface area contributed by atoms with Crippen molar-refractivity contribution in [3.63, 3.8) is 0 Å². The minimum atomic E-state index is -3.76. The van der Waals surface area contributed by atoms with Crippen LogP contribution in [0.5, 0.6) is 0 Å². The Hall–Kier alpha value is -1.97. The lowest BCUT2D eigenvalue weighted by molar-refractivity contribution is -0.131. The summed E-state index contributed by atoms with van der Waals surface area (Å²) in [5.74, 6) is -1.12. The van der Waals surface area contributed by atoms with Crippen LogP contribution in [-0.4, -0.2) is 65.2 Å². The first kappa shape index (κ1) is 19.4. The fraction of sp³-hybridized carbons (Fsp3) is 0.500. The molecule has 1 fully saturated rings. The van der Waals surface area contributed by atoms with E-state index in [1.165, 1.54) is 29.2 Å². The predicted octanol–water partition coefficient (Wildman–Crippen LogP) is 0.389. The van der Waals surface area contributed by atoms with Gasteiger partial charge in [-0.25, -0.2) is 17.9 Å². The van der Waals surface area contributed by atoms with Gasteiger partial charge in [0, 0.05) is 27.2 Å². The Morgan fingerprint density at radius 1 is 1.36 bits per heavy atom. The number of nitrogens with one attached hydrogen (secondary N) is 1. The van der Waals surface area contributed by atoms with Crippen LogP contribution in [0.3, 0.4) is 0 Å². The second kappa shape index (κ2) is 8.41. The number of carbonyl (C=O) groups excluding carboxylic acids is 2. The van der Waals surface area contributed by atoms with E-state index in [4.69, 9.17) is 9.47 Å². The Labute approximate surface area is 147 Å². The zero-order chi connectivity index (χ0) is 18.4. The molecular weight excluding hydrogens is 348 g/mol. The standard InChI is InChI=1S/C16H22N2O6S/c1-18(2)15(19)11-24-16(20)12-5-3-7-14(9-12)25(21,22)17-10-13-6-4-8-23-13/h3,5,7,9,13,17H,4,6,8,10-11H2,1-2H3/t13-/m0/s1. The molecule has 0 aliphatic carbocycles. The number of benzene rings is 1. The van der Waals surface area contributed by atoms with Gasteiger partial charge in [-0.05, 0) is 31.0 Å². The lowest BCUT2D eigenvalue weighted by atomic mass is 10.2. The van der Waals surface area contributed by atoms with Gasteiger partial charge >= 0.3 is 5.97 Å². The van der Waals surface area contributed by atoms with E-state index >= 15 is 0 Å². The van der Waals surface area contributed by atoms with E-state index in [0.717, 1.165) is 12.8 Å². The average molecular weight is 370 g/mol. The third-order valence-corrected chi connectivity index (χ3v) is 5.15. The Bertz CT molecular complexity index is 726. The maximum Gasteiger partial charge on any atom is 0.338 e. The molecule has 1 heterocycles. The minimum Gasteiger partial charge on any atom is -0.452 e. The van der Waals surface area contributed by atoms with Crippen LogP contribution in [0.1, 0.15) is 23.2 Å². The molecule has 0 radical (unpaired) electrons. The van der Waals surface area contributed by atoms with Crippen molar-refractivity contribution in [2.45, 2.75) is 23.8 Å². The first-order chi connectivity index (χ1) is 11.8. The molecule has 1 N–H and O–H groups in total. The van der Waals surface area contributed by atoms with Gasteiger partial charge in [0.05, 0.1) is 16.6 Å². The number of esters is 1. The van der Waals surface area contributed by atoms with Crippen molar-refractivity contribution in [2.75, 3.05) is 33.9 Å². The highest BCUT2D eigenvalue weighted by atomic mass is 32.2. The molecule has 1 aromatic rings. The van der Waals surface area contributed by atoms with Crippen molar-refractivity contribution in [3.05, 3.63) is 29.8 Å². The number of hydrogen-bond donors (Lipinski definition) is 1. The summed E-state index contributed by atoms with van der Waals surface area (Å²) in [5, 5.41) is 0. The second-order valence-electron chi connectivity index (χ2n) is 5.88. The smallest absolute Gasteiger partial charge is 0.338 e. The maximum atomic E-state index is 12.3. The third-order valence-electron chi connectivity index (χ3n) is 3.73. The Morgan fingerprint density at radius 3 is 2.76 bits per heavy atom. The van der Waals surface area contributed by atoms with Crippen LogP contribution in [0.2, 0.25) is 0 Å². The molecular formula is C16H22N2O6S. The van der Waals surface area contributed by atoms with Crippen LogP contribution in [0.15, 0.2) is 29.2 Å². The van der Waals surface area contributed by atoms with E-state index in [2.05, 4.69) is 4.72 Å². The van der Waals surface area contributed by atoms with Gasteiger partial charge in [-0.2, -0.15) is 0 Å². The minimum absolute atomic E-state index is 0.0427. The molecule has 138 valence electrons. The number of ether oxygens (including phenoxy) is 2. The highest BCUT2D eigenvalue weighted by Gasteiger charge is 2.21. The van der Waals surface area contributed by atoms with Crippen LogP contribution in [0, 0.1) is 0 Å². The molecule has 0 spiro atoms.